The summed E-state index contributed by atoms with van der Waals surface area (Å²) in [5.74, 6) is 0.670. The SMILES string of the molecule is Cc1ccc(C(O)CCN(CC2CC2)C2CC2)cc1F. The molecule has 0 aliphatic heterocycles. The number of nitrogens with zero attached hydrogens (tertiary/aromatic N) is 1. The van der Waals surface area contributed by atoms with Gasteiger partial charge in [-0.05, 0) is 62.1 Å². The summed E-state index contributed by atoms with van der Waals surface area (Å²) in [5, 5.41) is 10.2. The Morgan fingerprint density at radius 3 is 2.65 bits per heavy atom. The van der Waals surface area contributed by atoms with E-state index in [2.05, 4.69) is 4.90 Å². The van der Waals surface area contributed by atoms with E-state index in [9.17, 15) is 9.50 Å². The third-order valence-electron chi connectivity index (χ3n) is 4.52. The maximum atomic E-state index is 13.5. The van der Waals surface area contributed by atoms with Crippen LogP contribution in [0.1, 0.15) is 49.3 Å². The number of rotatable bonds is 7. The van der Waals surface area contributed by atoms with Gasteiger partial charge in [0, 0.05) is 19.1 Å². The van der Waals surface area contributed by atoms with Crippen LogP contribution >= 0.6 is 0 Å². The Balaban J connectivity index is 1.54. The van der Waals surface area contributed by atoms with Crippen molar-refractivity contribution in [1.82, 2.24) is 4.90 Å². The van der Waals surface area contributed by atoms with Gasteiger partial charge in [0.15, 0.2) is 0 Å². The number of halogens is 1. The van der Waals surface area contributed by atoms with Crippen molar-refractivity contribution in [1.29, 1.82) is 0 Å². The molecule has 3 heteroatoms. The summed E-state index contributed by atoms with van der Waals surface area (Å²) in [6.07, 6.45) is 5.50. The molecule has 0 aromatic heterocycles. The van der Waals surface area contributed by atoms with Gasteiger partial charge in [-0.3, -0.25) is 0 Å². The van der Waals surface area contributed by atoms with Crippen molar-refractivity contribution >= 4 is 0 Å². The van der Waals surface area contributed by atoms with E-state index < -0.39 is 6.10 Å². The van der Waals surface area contributed by atoms with Crippen LogP contribution in [0.5, 0.6) is 0 Å². The second-order valence-corrected chi connectivity index (χ2v) is 6.48. The summed E-state index contributed by atoms with van der Waals surface area (Å²) >= 11 is 0. The Morgan fingerprint density at radius 1 is 1.30 bits per heavy atom. The zero-order valence-electron chi connectivity index (χ0n) is 12.2. The average Bonchev–Trinajstić information content (AvgIpc) is 3.29. The van der Waals surface area contributed by atoms with Crippen LogP contribution in [-0.4, -0.2) is 29.1 Å². The molecule has 1 aromatic rings. The van der Waals surface area contributed by atoms with Crippen molar-refractivity contribution in [2.75, 3.05) is 13.1 Å². The van der Waals surface area contributed by atoms with E-state index in [0.717, 1.165) is 18.5 Å². The van der Waals surface area contributed by atoms with Crippen LogP contribution in [0.4, 0.5) is 4.39 Å². The zero-order valence-corrected chi connectivity index (χ0v) is 12.2. The molecule has 1 aromatic carbocycles. The van der Waals surface area contributed by atoms with E-state index in [1.54, 1.807) is 13.0 Å². The highest BCUT2D eigenvalue weighted by Crippen LogP contribution is 2.35. The van der Waals surface area contributed by atoms with Gasteiger partial charge in [0.1, 0.15) is 5.82 Å². The molecule has 1 atom stereocenters. The molecule has 2 nitrogen and oxygen atoms in total. The van der Waals surface area contributed by atoms with Gasteiger partial charge < -0.3 is 10.0 Å². The van der Waals surface area contributed by atoms with Crippen molar-refractivity contribution in [3.63, 3.8) is 0 Å². The Kier molecular flexibility index (Phi) is 4.08. The monoisotopic (exact) mass is 277 g/mol. The third kappa shape index (κ3) is 3.58. The lowest BCUT2D eigenvalue weighted by Crippen LogP contribution is -2.30. The molecule has 2 aliphatic carbocycles. The Labute approximate surface area is 120 Å². The van der Waals surface area contributed by atoms with Crippen molar-refractivity contribution in [3.8, 4) is 0 Å². The first-order valence-corrected chi connectivity index (χ1v) is 7.81. The van der Waals surface area contributed by atoms with Crippen molar-refractivity contribution in [3.05, 3.63) is 35.1 Å². The molecule has 20 heavy (non-hydrogen) atoms. The summed E-state index contributed by atoms with van der Waals surface area (Å²) in [6.45, 7) is 3.87. The van der Waals surface area contributed by atoms with Crippen LogP contribution in [0.15, 0.2) is 18.2 Å². The first-order valence-electron chi connectivity index (χ1n) is 7.81. The van der Waals surface area contributed by atoms with Crippen LogP contribution in [0, 0.1) is 18.7 Å². The Hall–Kier alpha value is -0.930. The number of aliphatic hydroxyl groups excluding tert-OH is 1. The minimum absolute atomic E-state index is 0.224. The van der Waals surface area contributed by atoms with Crippen LogP contribution < -0.4 is 0 Å². The number of benzene rings is 1. The second-order valence-electron chi connectivity index (χ2n) is 6.48. The maximum Gasteiger partial charge on any atom is 0.126 e. The molecule has 0 heterocycles. The Morgan fingerprint density at radius 2 is 2.05 bits per heavy atom. The number of hydrogen-bond donors (Lipinski definition) is 1. The molecule has 0 spiro atoms. The van der Waals surface area contributed by atoms with E-state index in [4.69, 9.17) is 0 Å². The average molecular weight is 277 g/mol. The quantitative estimate of drug-likeness (QED) is 0.825. The van der Waals surface area contributed by atoms with E-state index in [1.165, 1.54) is 38.3 Å². The fraction of sp³-hybridized carbons (Fsp3) is 0.647. The zero-order chi connectivity index (χ0) is 14.1. The summed E-state index contributed by atoms with van der Waals surface area (Å²) in [6, 6.07) is 5.81. The molecular formula is C17H24FNO. The topological polar surface area (TPSA) is 23.5 Å². The largest absolute Gasteiger partial charge is 0.388 e. The van der Waals surface area contributed by atoms with Crippen LogP contribution in [0.2, 0.25) is 0 Å². The first-order chi connectivity index (χ1) is 9.63. The predicted molar refractivity (Wildman–Crippen MR) is 78.0 cm³/mol. The first kappa shape index (κ1) is 14.0. The van der Waals surface area contributed by atoms with Gasteiger partial charge in [-0.2, -0.15) is 0 Å². The van der Waals surface area contributed by atoms with E-state index in [0.29, 0.717) is 17.5 Å². The van der Waals surface area contributed by atoms with Crippen molar-refractivity contribution in [2.45, 2.75) is 51.2 Å². The summed E-state index contributed by atoms with van der Waals surface area (Å²) in [5.41, 5.74) is 1.34. The smallest absolute Gasteiger partial charge is 0.126 e. The van der Waals surface area contributed by atoms with Crippen LogP contribution in [0.3, 0.4) is 0 Å². The molecule has 0 bridgehead atoms. The molecule has 1 unspecified atom stereocenters. The second kappa shape index (κ2) is 5.82. The predicted octanol–water partition coefficient (Wildman–Crippen LogP) is 3.43. The number of aliphatic hydroxyl groups is 1. The normalized spacial score (nSPS) is 20.4. The van der Waals surface area contributed by atoms with E-state index >= 15 is 0 Å². The molecule has 0 radical (unpaired) electrons. The molecule has 3 rings (SSSR count). The van der Waals surface area contributed by atoms with Crippen molar-refractivity contribution < 1.29 is 9.50 Å². The van der Waals surface area contributed by atoms with Gasteiger partial charge in [-0.25, -0.2) is 4.39 Å². The molecule has 2 fully saturated rings. The molecule has 1 N–H and O–H groups in total. The van der Waals surface area contributed by atoms with Gasteiger partial charge in [0.25, 0.3) is 0 Å². The lowest BCUT2D eigenvalue weighted by Gasteiger charge is -2.23. The highest BCUT2D eigenvalue weighted by atomic mass is 19.1. The maximum absolute atomic E-state index is 13.5. The molecule has 110 valence electrons. The van der Waals surface area contributed by atoms with E-state index in [1.807, 2.05) is 6.07 Å². The van der Waals surface area contributed by atoms with Gasteiger partial charge in [0.05, 0.1) is 6.10 Å². The van der Waals surface area contributed by atoms with Crippen LogP contribution in [-0.2, 0) is 0 Å². The molecule has 2 aliphatic rings. The highest BCUT2D eigenvalue weighted by Gasteiger charge is 2.33. The number of hydrogen-bond acceptors (Lipinski definition) is 2. The number of aryl methyl sites for hydroxylation is 1. The third-order valence-corrected chi connectivity index (χ3v) is 4.52. The Bertz CT molecular complexity index is 468. The molecule has 0 amide bonds. The minimum atomic E-state index is -0.550. The van der Waals surface area contributed by atoms with E-state index in [-0.39, 0.29) is 5.82 Å². The van der Waals surface area contributed by atoms with Gasteiger partial charge in [0.2, 0.25) is 0 Å². The van der Waals surface area contributed by atoms with Crippen molar-refractivity contribution in [2.24, 2.45) is 5.92 Å². The fourth-order valence-corrected chi connectivity index (χ4v) is 2.77. The lowest BCUT2D eigenvalue weighted by molar-refractivity contribution is 0.137. The summed E-state index contributed by atoms with van der Waals surface area (Å²) < 4.78 is 13.5. The highest BCUT2D eigenvalue weighted by molar-refractivity contribution is 5.24. The van der Waals surface area contributed by atoms with Gasteiger partial charge >= 0.3 is 0 Å². The minimum Gasteiger partial charge on any atom is -0.388 e. The molecule has 2 saturated carbocycles. The molecule has 0 saturated heterocycles. The summed E-state index contributed by atoms with van der Waals surface area (Å²) in [4.78, 5) is 2.53. The van der Waals surface area contributed by atoms with Gasteiger partial charge in [-0.15, -0.1) is 0 Å². The van der Waals surface area contributed by atoms with Gasteiger partial charge in [-0.1, -0.05) is 12.1 Å². The standard InChI is InChI=1S/C17H24FNO/c1-12-2-5-14(10-16(12)18)17(20)8-9-19(15-6-7-15)11-13-3-4-13/h2,5,10,13,15,17,20H,3-4,6-9,11H2,1H3. The fourth-order valence-electron chi connectivity index (χ4n) is 2.77. The molecular weight excluding hydrogens is 253 g/mol. The lowest BCUT2D eigenvalue weighted by atomic mass is 10.0. The van der Waals surface area contributed by atoms with Crippen LogP contribution in [0.25, 0.3) is 0 Å². The summed E-state index contributed by atoms with van der Waals surface area (Å²) in [7, 11) is 0.